The molecule has 0 radical (unpaired) electrons. The highest BCUT2D eigenvalue weighted by Gasteiger charge is 2.12. The van der Waals surface area contributed by atoms with Crippen LogP contribution in [0.2, 0.25) is 10.0 Å². The maximum absolute atomic E-state index is 12.0. The number of carbonyl (C=O) groups is 1. The molecule has 1 amide bonds. The average Bonchev–Trinajstić information content (AvgIpc) is 2.79. The minimum Gasteiger partial charge on any atom is -0.493 e. The largest absolute Gasteiger partial charge is 0.493 e. The second-order valence-corrected chi connectivity index (χ2v) is 8.33. The molecule has 32 heavy (non-hydrogen) atoms. The summed E-state index contributed by atoms with van der Waals surface area (Å²) in [6, 6.07) is 18.1. The molecule has 0 aliphatic heterocycles. The van der Waals surface area contributed by atoms with Crippen LogP contribution >= 0.6 is 39.1 Å². The summed E-state index contributed by atoms with van der Waals surface area (Å²) in [6.45, 7) is 0.430. The zero-order valence-electron chi connectivity index (χ0n) is 17.1. The summed E-state index contributed by atoms with van der Waals surface area (Å²) in [5.41, 5.74) is 4.96. The van der Waals surface area contributed by atoms with Gasteiger partial charge in [-0.3, -0.25) is 4.79 Å². The number of rotatable bonds is 9. The van der Waals surface area contributed by atoms with Crippen molar-refractivity contribution >= 4 is 56.9 Å². The Labute approximate surface area is 204 Å². The van der Waals surface area contributed by atoms with E-state index < -0.39 is 0 Å². The lowest BCUT2D eigenvalue weighted by Gasteiger charge is -2.13. The van der Waals surface area contributed by atoms with Gasteiger partial charge in [-0.05, 0) is 75.6 Å². The summed E-state index contributed by atoms with van der Waals surface area (Å²) in [7, 11) is 1.56. The van der Waals surface area contributed by atoms with E-state index in [-0.39, 0.29) is 12.5 Å². The Bertz CT molecular complexity index is 1090. The first kappa shape index (κ1) is 23.9. The monoisotopic (exact) mass is 535 g/mol. The number of ether oxygens (including phenoxy) is 2. The number of amides is 1. The quantitative estimate of drug-likeness (QED) is 0.263. The van der Waals surface area contributed by atoms with Crippen molar-refractivity contribution in [1.29, 1.82) is 0 Å². The maximum Gasteiger partial charge on any atom is 0.259 e. The van der Waals surface area contributed by atoms with Crippen LogP contribution in [0, 0.1) is 0 Å². The van der Waals surface area contributed by atoms with E-state index in [1.54, 1.807) is 37.4 Å². The maximum atomic E-state index is 12.0. The van der Waals surface area contributed by atoms with Gasteiger partial charge in [0.1, 0.15) is 6.61 Å². The summed E-state index contributed by atoms with van der Waals surface area (Å²) >= 11 is 15.3. The van der Waals surface area contributed by atoms with Crippen molar-refractivity contribution in [3.8, 4) is 11.5 Å². The summed E-state index contributed by atoms with van der Waals surface area (Å²) in [5.74, 6) is 0.812. The fourth-order valence-electron chi connectivity index (χ4n) is 2.66. The molecule has 0 aliphatic rings. The van der Waals surface area contributed by atoms with Gasteiger partial charge in [0.05, 0.1) is 24.3 Å². The van der Waals surface area contributed by atoms with Crippen molar-refractivity contribution in [3.63, 3.8) is 0 Å². The SMILES string of the molecule is COc1cc(/C=N\NC(=O)CNc2ccc(Cl)cc2)cc(Br)c1OCc1ccc(Cl)cc1. The third kappa shape index (κ3) is 7.15. The topological polar surface area (TPSA) is 72.0 Å². The number of anilines is 1. The van der Waals surface area contributed by atoms with Crippen LogP contribution in [0.1, 0.15) is 11.1 Å². The Kier molecular flexibility index (Phi) is 8.79. The van der Waals surface area contributed by atoms with Crippen LogP contribution in [0.25, 0.3) is 0 Å². The minimum atomic E-state index is -0.287. The van der Waals surface area contributed by atoms with Crippen molar-refractivity contribution in [2.75, 3.05) is 19.0 Å². The molecule has 0 atom stereocenters. The van der Waals surface area contributed by atoms with Crippen molar-refractivity contribution in [2.24, 2.45) is 5.10 Å². The van der Waals surface area contributed by atoms with Crippen LogP contribution < -0.4 is 20.2 Å². The van der Waals surface area contributed by atoms with Crippen LogP contribution in [0.5, 0.6) is 11.5 Å². The molecule has 3 aromatic carbocycles. The molecular formula is C23H20BrCl2N3O3. The Morgan fingerprint density at radius 3 is 2.38 bits per heavy atom. The second kappa shape index (κ2) is 11.8. The Morgan fingerprint density at radius 1 is 1.06 bits per heavy atom. The smallest absolute Gasteiger partial charge is 0.259 e. The van der Waals surface area contributed by atoms with Gasteiger partial charge >= 0.3 is 0 Å². The van der Waals surface area contributed by atoms with E-state index in [0.717, 1.165) is 16.8 Å². The fourth-order valence-corrected chi connectivity index (χ4v) is 3.49. The van der Waals surface area contributed by atoms with E-state index in [0.29, 0.717) is 32.6 Å². The molecule has 3 aromatic rings. The number of methoxy groups -OCH3 is 1. The molecule has 6 nitrogen and oxygen atoms in total. The van der Waals surface area contributed by atoms with E-state index in [1.807, 2.05) is 30.3 Å². The molecule has 166 valence electrons. The zero-order valence-corrected chi connectivity index (χ0v) is 20.2. The predicted molar refractivity (Wildman–Crippen MR) is 132 cm³/mol. The molecule has 0 saturated carbocycles. The normalized spacial score (nSPS) is 10.8. The van der Waals surface area contributed by atoms with Gasteiger partial charge in [-0.25, -0.2) is 5.43 Å². The van der Waals surface area contributed by atoms with Gasteiger partial charge in [-0.1, -0.05) is 35.3 Å². The first-order chi connectivity index (χ1) is 15.4. The predicted octanol–water partition coefficient (Wildman–Crippen LogP) is 5.91. The minimum absolute atomic E-state index is 0.0729. The lowest BCUT2D eigenvalue weighted by atomic mass is 10.2. The standard InChI is InChI=1S/C23H20BrCl2N3O3/c1-31-21-11-16(10-20(24)23(21)32-14-15-2-4-17(25)5-3-15)12-28-29-22(30)13-27-19-8-6-18(26)7-9-19/h2-12,27H,13-14H2,1H3,(H,29,30)/b28-12-. The molecule has 0 unspecified atom stereocenters. The fraction of sp³-hybridized carbons (Fsp3) is 0.130. The molecule has 0 aromatic heterocycles. The van der Waals surface area contributed by atoms with E-state index in [1.165, 1.54) is 6.21 Å². The highest BCUT2D eigenvalue weighted by Crippen LogP contribution is 2.36. The van der Waals surface area contributed by atoms with Gasteiger partial charge in [0.25, 0.3) is 5.91 Å². The lowest BCUT2D eigenvalue weighted by molar-refractivity contribution is -0.119. The van der Waals surface area contributed by atoms with Crippen molar-refractivity contribution < 1.29 is 14.3 Å². The Balaban J connectivity index is 1.57. The summed E-state index contributed by atoms with van der Waals surface area (Å²) in [5, 5.41) is 8.29. The highest BCUT2D eigenvalue weighted by atomic mass is 79.9. The number of hydrogen-bond acceptors (Lipinski definition) is 5. The zero-order chi connectivity index (χ0) is 22.9. The number of nitrogens with zero attached hydrogens (tertiary/aromatic N) is 1. The number of hydrazone groups is 1. The number of nitrogens with one attached hydrogen (secondary N) is 2. The lowest BCUT2D eigenvalue weighted by Crippen LogP contribution is -2.25. The number of benzene rings is 3. The molecule has 0 spiro atoms. The van der Waals surface area contributed by atoms with Gasteiger partial charge in [-0.15, -0.1) is 0 Å². The Morgan fingerprint density at radius 2 is 1.72 bits per heavy atom. The van der Waals surface area contributed by atoms with Crippen molar-refractivity contribution in [2.45, 2.75) is 6.61 Å². The molecule has 3 rings (SSSR count). The van der Waals surface area contributed by atoms with E-state index in [9.17, 15) is 4.79 Å². The summed E-state index contributed by atoms with van der Waals surface area (Å²) in [4.78, 5) is 12.0. The molecule has 0 heterocycles. The first-order valence-electron chi connectivity index (χ1n) is 9.50. The van der Waals surface area contributed by atoms with Crippen LogP contribution in [0.15, 0.2) is 70.2 Å². The summed E-state index contributed by atoms with van der Waals surface area (Å²) < 4.78 is 12.1. The van der Waals surface area contributed by atoms with E-state index >= 15 is 0 Å². The van der Waals surface area contributed by atoms with Crippen molar-refractivity contribution in [1.82, 2.24) is 5.43 Å². The van der Waals surface area contributed by atoms with Crippen LogP contribution in [0.3, 0.4) is 0 Å². The first-order valence-corrected chi connectivity index (χ1v) is 11.1. The van der Waals surface area contributed by atoms with Gasteiger partial charge < -0.3 is 14.8 Å². The second-order valence-electron chi connectivity index (χ2n) is 6.60. The van der Waals surface area contributed by atoms with Gasteiger partial charge in [-0.2, -0.15) is 5.10 Å². The Hall–Kier alpha value is -2.74. The van der Waals surface area contributed by atoms with Gasteiger partial charge in [0, 0.05) is 15.7 Å². The number of carbonyl (C=O) groups excluding carboxylic acids is 1. The highest BCUT2D eigenvalue weighted by molar-refractivity contribution is 9.10. The van der Waals surface area contributed by atoms with E-state index in [2.05, 4.69) is 31.8 Å². The van der Waals surface area contributed by atoms with Gasteiger partial charge in [0.15, 0.2) is 11.5 Å². The molecule has 2 N–H and O–H groups in total. The third-order valence-corrected chi connectivity index (χ3v) is 5.34. The van der Waals surface area contributed by atoms with Crippen LogP contribution in [-0.2, 0) is 11.4 Å². The average molecular weight is 537 g/mol. The molecule has 0 fully saturated rings. The molecule has 0 saturated heterocycles. The third-order valence-electron chi connectivity index (χ3n) is 4.25. The van der Waals surface area contributed by atoms with Crippen molar-refractivity contribution in [3.05, 3.63) is 86.3 Å². The van der Waals surface area contributed by atoms with Crippen LogP contribution in [0.4, 0.5) is 5.69 Å². The molecule has 9 heteroatoms. The number of halogens is 3. The molecule has 0 aliphatic carbocycles. The van der Waals surface area contributed by atoms with Gasteiger partial charge in [0.2, 0.25) is 0 Å². The number of hydrogen-bond donors (Lipinski definition) is 2. The van der Waals surface area contributed by atoms with E-state index in [4.69, 9.17) is 32.7 Å². The summed E-state index contributed by atoms with van der Waals surface area (Å²) in [6.07, 6.45) is 1.52. The van der Waals surface area contributed by atoms with Crippen LogP contribution in [-0.4, -0.2) is 25.8 Å². The molecule has 0 bridgehead atoms. The molecular weight excluding hydrogens is 517 g/mol.